The molecule has 0 heterocycles. The van der Waals surface area contributed by atoms with Crippen LogP contribution in [0.1, 0.15) is 31.7 Å². The lowest BCUT2D eigenvalue weighted by Gasteiger charge is -2.07. The lowest BCUT2D eigenvalue weighted by molar-refractivity contribution is 0.0973. The van der Waals surface area contributed by atoms with Gasteiger partial charge in [0.1, 0.15) is 12.4 Å². The molecule has 0 aromatic heterocycles. The SMILES string of the molecule is CCCCCOCCOc1ccc(CC#N)cc1. The molecule has 0 unspecified atom stereocenters. The number of nitriles is 1. The first-order chi connectivity index (χ1) is 8.86. The number of unbranched alkanes of at least 4 members (excludes halogenated alkanes) is 2. The third kappa shape index (κ3) is 6.27. The van der Waals surface area contributed by atoms with E-state index in [-0.39, 0.29) is 0 Å². The molecule has 3 heteroatoms. The van der Waals surface area contributed by atoms with E-state index in [1.165, 1.54) is 12.8 Å². The zero-order chi connectivity index (χ0) is 13.1. The molecule has 0 N–H and O–H groups in total. The van der Waals surface area contributed by atoms with Crippen LogP contribution in [0.5, 0.6) is 5.75 Å². The van der Waals surface area contributed by atoms with Crippen molar-refractivity contribution in [1.82, 2.24) is 0 Å². The van der Waals surface area contributed by atoms with Crippen LogP contribution in [0.3, 0.4) is 0 Å². The molecule has 1 rings (SSSR count). The van der Waals surface area contributed by atoms with Gasteiger partial charge < -0.3 is 9.47 Å². The Bertz CT molecular complexity index is 354. The van der Waals surface area contributed by atoms with Gasteiger partial charge in [-0.1, -0.05) is 31.9 Å². The van der Waals surface area contributed by atoms with Crippen molar-refractivity contribution in [1.29, 1.82) is 5.26 Å². The number of ether oxygens (including phenoxy) is 2. The van der Waals surface area contributed by atoms with Crippen LogP contribution in [0.4, 0.5) is 0 Å². The van der Waals surface area contributed by atoms with Crippen molar-refractivity contribution in [3.8, 4) is 11.8 Å². The van der Waals surface area contributed by atoms with Crippen LogP contribution >= 0.6 is 0 Å². The van der Waals surface area contributed by atoms with Crippen LogP contribution in [0.25, 0.3) is 0 Å². The highest BCUT2D eigenvalue weighted by atomic mass is 16.5. The van der Waals surface area contributed by atoms with Crippen molar-refractivity contribution < 1.29 is 9.47 Å². The summed E-state index contributed by atoms with van der Waals surface area (Å²) in [5.41, 5.74) is 1.01. The molecule has 0 amide bonds. The number of benzene rings is 1. The molecule has 18 heavy (non-hydrogen) atoms. The molecule has 3 nitrogen and oxygen atoms in total. The molecule has 0 aliphatic heterocycles. The molecular weight excluding hydrogens is 226 g/mol. The summed E-state index contributed by atoms with van der Waals surface area (Å²) in [5.74, 6) is 0.828. The van der Waals surface area contributed by atoms with Gasteiger partial charge in [0.25, 0.3) is 0 Å². The fourth-order valence-corrected chi connectivity index (χ4v) is 1.57. The zero-order valence-corrected chi connectivity index (χ0v) is 11.0. The van der Waals surface area contributed by atoms with E-state index in [0.29, 0.717) is 19.6 Å². The largest absolute Gasteiger partial charge is 0.491 e. The highest BCUT2D eigenvalue weighted by molar-refractivity contribution is 5.28. The van der Waals surface area contributed by atoms with E-state index in [2.05, 4.69) is 13.0 Å². The molecule has 98 valence electrons. The predicted octanol–water partition coefficient (Wildman–Crippen LogP) is 3.34. The molecule has 0 saturated carbocycles. The molecule has 0 aliphatic rings. The summed E-state index contributed by atoms with van der Waals surface area (Å²) >= 11 is 0. The molecule has 1 aromatic carbocycles. The Balaban J connectivity index is 2.10. The second-order valence-corrected chi connectivity index (χ2v) is 4.15. The summed E-state index contributed by atoms with van der Waals surface area (Å²) in [6.45, 7) is 4.20. The molecule has 0 atom stereocenters. The van der Waals surface area contributed by atoms with Crippen LogP contribution in [0.2, 0.25) is 0 Å². The van der Waals surface area contributed by atoms with Gasteiger partial charge >= 0.3 is 0 Å². The lowest BCUT2D eigenvalue weighted by atomic mass is 10.2. The van der Waals surface area contributed by atoms with E-state index in [1.54, 1.807) is 0 Å². The maximum atomic E-state index is 8.55. The van der Waals surface area contributed by atoms with E-state index in [4.69, 9.17) is 14.7 Å². The molecule has 0 aliphatic carbocycles. The number of rotatable bonds is 9. The highest BCUT2D eigenvalue weighted by Gasteiger charge is 1.95. The number of hydrogen-bond acceptors (Lipinski definition) is 3. The average Bonchev–Trinajstić information content (AvgIpc) is 2.40. The van der Waals surface area contributed by atoms with Crippen molar-refractivity contribution in [2.45, 2.75) is 32.6 Å². The van der Waals surface area contributed by atoms with Crippen molar-refractivity contribution in [2.24, 2.45) is 0 Å². The minimum atomic E-state index is 0.445. The van der Waals surface area contributed by atoms with E-state index >= 15 is 0 Å². The Hall–Kier alpha value is -1.53. The van der Waals surface area contributed by atoms with Gasteiger partial charge in [-0.05, 0) is 24.1 Å². The van der Waals surface area contributed by atoms with Crippen LogP contribution in [0, 0.1) is 11.3 Å². The van der Waals surface area contributed by atoms with Crippen molar-refractivity contribution in [3.63, 3.8) is 0 Å². The predicted molar refractivity (Wildman–Crippen MR) is 71.6 cm³/mol. The summed E-state index contributed by atoms with van der Waals surface area (Å²) in [6.07, 6.45) is 4.01. The Morgan fingerprint density at radius 1 is 1.06 bits per heavy atom. The second-order valence-electron chi connectivity index (χ2n) is 4.15. The van der Waals surface area contributed by atoms with E-state index < -0.39 is 0 Å². The van der Waals surface area contributed by atoms with Gasteiger partial charge in [0, 0.05) is 6.61 Å². The average molecular weight is 247 g/mol. The van der Waals surface area contributed by atoms with E-state index in [9.17, 15) is 0 Å². The Labute approximate surface area is 109 Å². The first-order valence-corrected chi connectivity index (χ1v) is 6.53. The summed E-state index contributed by atoms with van der Waals surface area (Å²) in [6, 6.07) is 9.74. The maximum Gasteiger partial charge on any atom is 0.119 e. The van der Waals surface area contributed by atoms with Gasteiger partial charge in [0.05, 0.1) is 19.1 Å². The van der Waals surface area contributed by atoms with Crippen LogP contribution in [-0.2, 0) is 11.2 Å². The van der Waals surface area contributed by atoms with Gasteiger partial charge in [-0.15, -0.1) is 0 Å². The first kappa shape index (κ1) is 14.5. The van der Waals surface area contributed by atoms with Gasteiger partial charge in [0.2, 0.25) is 0 Å². The van der Waals surface area contributed by atoms with Crippen LogP contribution in [-0.4, -0.2) is 19.8 Å². The van der Waals surface area contributed by atoms with Crippen LogP contribution in [0.15, 0.2) is 24.3 Å². The number of nitrogens with zero attached hydrogens (tertiary/aromatic N) is 1. The topological polar surface area (TPSA) is 42.2 Å². The first-order valence-electron chi connectivity index (χ1n) is 6.53. The normalized spacial score (nSPS) is 10.0. The van der Waals surface area contributed by atoms with Crippen molar-refractivity contribution in [2.75, 3.05) is 19.8 Å². The van der Waals surface area contributed by atoms with Gasteiger partial charge in [-0.25, -0.2) is 0 Å². The Kier molecular flexibility index (Phi) is 7.66. The van der Waals surface area contributed by atoms with E-state index in [1.807, 2.05) is 24.3 Å². The quantitative estimate of drug-likeness (QED) is 0.628. The third-order valence-corrected chi connectivity index (χ3v) is 2.60. The van der Waals surface area contributed by atoms with Gasteiger partial charge in [0.15, 0.2) is 0 Å². The Morgan fingerprint density at radius 2 is 1.83 bits per heavy atom. The fourth-order valence-electron chi connectivity index (χ4n) is 1.57. The molecule has 1 aromatic rings. The molecule has 0 radical (unpaired) electrons. The van der Waals surface area contributed by atoms with Crippen molar-refractivity contribution in [3.05, 3.63) is 29.8 Å². The summed E-state index contributed by atoms with van der Waals surface area (Å²) in [5, 5.41) is 8.55. The van der Waals surface area contributed by atoms with Gasteiger partial charge in [-0.2, -0.15) is 5.26 Å². The molecular formula is C15H21NO2. The monoisotopic (exact) mass is 247 g/mol. The number of hydrogen-bond donors (Lipinski definition) is 0. The Morgan fingerprint density at radius 3 is 2.50 bits per heavy atom. The standard InChI is InChI=1S/C15H21NO2/c1-2-3-4-11-17-12-13-18-15-7-5-14(6-8-15)9-10-16/h5-8H,2-4,9,11-13H2,1H3. The smallest absolute Gasteiger partial charge is 0.119 e. The van der Waals surface area contributed by atoms with Crippen LogP contribution < -0.4 is 4.74 Å². The minimum absolute atomic E-state index is 0.445. The van der Waals surface area contributed by atoms with Crippen molar-refractivity contribution >= 4 is 0 Å². The molecule has 0 fully saturated rings. The molecule has 0 bridgehead atoms. The maximum absolute atomic E-state index is 8.55. The second kappa shape index (κ2) is 9.49. The molecule has 0 saturated heterocycles. The van der Waals surface area contributed by atoms with Gasteiger partial charge in [-0.3, -0.25) is 0 Å². The lowest BCUT2D eigenvalue weighted by Crippen LogP contribution is -2.07. The summed E-state index contributed by atoms with van der Waals surface area (Å²) in [7, 11) is 0. The minimum Gasteiger partial charge on any atom is -0.491 e. The summed E-state index contributed by atoms with van der Waals surface area (Å²) < 4.78 is 11.0. The fraction of sp³-hybridized carbons (Fsp3) is 0.533. The third-order valence-electron chi connectivity index (χ3n) is 2.60. The summed E-state index contributed by atoms with van der Waals surface area (Å²) in [4.78, 5) is 0. The highest BCUT2D eigenvalue weighted by Crippen LogP contribution is 2.12. The zero-order valence-electron chi connectivity index (χ0n) is 11.0. The molecule has 0 spiro atoms. The van der Waals surface area contributed by atoms with E-state index in [0.717, 1.165) is 24.3 Å².